The standard InChI is InChI=1S/C24H33FN7O6P/c1-14(2)36-23(33)15(3)30-39(34,38-16-9-7-6-8-10-16)35-12-17-11-18(25)22(37-17)32-13-27-19-20(31(4)5)28-24(26)29-21(19)32/h6-10,13-15,17-18,22H,11-12H2,1-5H3,(H,30,34)(H2,26,28,29)/t15-,17+,18+,22-,39-/m1/s1. The number of halogens is 1. The van der Waals surface area contributed by atoms with Gasteiger partial charge in [0, 0.05) is 20.5 Å². The highest BCUT2D eigenvalue weighted by atomic mass is 31.2. The van der Waals surface area contributed by atoms with E-state index in [2.05, 4.69) is 20.0 Å². The third-order valence-electron chi connectivity index (χ3n) is 5.70. The van der Waals surface area contributed by atoms with Crippen molar-refractivity contribution in [2.75, 3.05) is 31.3 Å². The Morgan fingerprint density at radius 1 is 1.28 bits per heavy atom. The van der Waals surface area contributed by atoms with E-state index < -0.39 is 38.3 Å². The molecule has 5 atom stereocenters. The zero-order valence-electron chi connectivity index (χ0n) is 22.4. The molecule has 1 aliphatic rings. The van der Waals surface area contributed by atoms with E-state index in [1.165, 1.54) is 17.8 Å². The van der Waals surface area contributed by atoms with E-state index in [0.717, 1.165) is 0 Å². The maximum atomic E-state index is 15.2. The molecule has 0 bridgehead atoms. The molecule has 0 radical (unpaired) electrons. The van der Waals surface area contributed by atoms with Crippen molar-refractivity contribution in [1.82, 2.24) is 24.6 Å². The first-order chi connectivity index (χ1) is 18.5. The third-order valence-corrected chi connectivity index (χ3v) is 7.35. The molecule has 0 aliphatic carbocycles. The lowest BCUT2D eigenvalue weighted by Gasteiger charge is -2.24. The number of imidazole rings is 1. The van der Waals surface area contributed by atoms with Crippen LogP contribution >= 0.6 is 7.75 Å². The molecule has 0 saturated carbocycles. The minimum absolute atomic E-state index is 0.0106. The number of aromatic nitrogens is 4. The summed E-state index contributed by atoms with van der Waals surface area (Å²) < 4.78 is 52.7. The van der Waals surface area contributed by atoms with Crippen molar-refractivity contribution in [1.29, 1.82) is 0 Å². The predicted octanol–water partition coefficient (Wildman–Crippen LogP) is 3.23. The lowest BCUT2D eigenvalue weighted by molar-refractivity contribution is -0.149. The summed E-state index contributed by atoms with van der Waals surface area (Å²) >= 11 is 0. The molecule has 3 aromatic rings. The molecule has 1 saturated heterocycles. The Morgan fingerprint density at radius 2 is 2.00 bits per heavy atom. The number of para-hydroxylation sites is 1. The van der Waals surface area contributed by atoms with Gasteiger partial charge in [0.1, 0.15) is 18.0 Å². The summed E-state index contributed by atoms with van der Waals surface area (Å²) in [6, 6.07) is 7.33. The zero-order valence-corrected chi connectivity index (χ0v) is 23.2. The molecule has 0 spiro atoms. The molecule has 39 heavy (non-hydrogen) atoms. The molecule has 0 amide bonds. The summed E-state index contributed by atoms with van der Waals surface area (Å²) in [6.45, 7) is 4.60. The SMILES string of the molecule is CC(C)OC(=O)[C@@H](C)N[P@@](=O)(OC[C@@H]1C[C@H](F)[C@H](n2cnc3c(N(C)C)nc(N)nc32)O1)Oc1ccccc1. The summed E-state index contributed by atoms with van der Waals surface area (Å²) in [4.78, 5) is 26.8. The van der Waals surface area contributed by atoms with Crippen LogP contribution in [0.2, 0.25) is 0 Å². The summed E-state index contributed by atoms with van der Waals surface area (Å²) in [6.07, 6.45) is -2.31. The van der Waals surface area contributed by atoms with E-state index in [9.17, 15) is 9.36 Å². The van der Waals surface area contributed by atoms with Crippen molar-refractivity contribution >= 4 is 36.6 Å². The minimum atomic E-state index is -4.13. The molecule has 3 N–H and O–H groups in total. The second kappa shape index (κ2) is 11.8. The predicted molar refractivity (Wildman–Crippen MR) is 142 cm³/mol. The Morgan fingerprint density at radius 3 is 2.67 bits per heavy atom. The average Bonchev–Trinajstić information content (AvgIpc) is 3.45. The van der Waals surface area contributed by atoms with E-state index in [4.69, 9.17) is 24.3 Å². The zero-order chi connectivity index (χ0) is 28.3. The van der Waals surface area contributed by atoms with Crippen LogP contribution < -0.4 is 20.2 Å². The van der Waals surface area contributed by atoms with Crippen molar-refractivity contribution < 1.29 is 32.3 Å². The fourth-order valence-electron chi connectivity index (χ4n) is 3.98. The highest BCUT2D eigenvalue weighted by molar-refractivity contribution is 7.52. The summed E-state index contributed by atoms with van der Waals surface area (Å²) in [5.41, 5.74) is 6.63. The Labute approximate surface area is 225 Å². The molecule has 2 aromatic heterocycles. The van der Waals surface area contributed by atoms with E-state index >= 15 is 4.39 Å². The quantitative estimate of drug-likeness (QED) is 0.259. The number of benzene rings is 1. The van der Waals surface area contributed by atoms with Gasteiger partial charge >= 0.3 is 13.7 Å². The van der Waals surface area contributed by atoms with Gasteiger partial charge in [-0.05, 0) is 32.9 Å². The van der Waals surface area contributed by atoms with Gasteiger partial charge in [-0.25, -0.2) is 13.9 Å². The Balaban J connectivity index is 1.49. The second-order valence-corrected chi connectivity index (χ2v) is 11.3. The van der Waals surface area contributed by atoms with Gasteiger partial charge in [-0.1, -0.05) is 18.2 Å². The summed E-state index contributed by atoms with van der Waals surface area (Å²) in [5.74, 6) is 0.123. The molecule has 15 heteroatoms. The van der Waals surface area contributed by atoms with E-state index in [1.54, 1.807) is 63.2 Å². The number of ether oxygens (including phenoxy) is 2. The highest BCUT2D eigenvalue weighted by Gasteiger charge is 2.40. The number of nitrogens with two attached hydrogens (primary N) is 1. The normalized spacial score (nSPS) is 21.6. The number of hydrogen-bond donors (Lipinski definition) is 2. The highest BCUT2D eigenvalue weighted by Crippen LogP contribution is 2.46. The Bertz CT molecular complexity index is 1340. The number of rotatable bonds is 11. The molecule has 4 rings (SSSR count). The van der Waals surface area contributed by atoms with Gasteiger partial charge in [-0.3, -0.25) is 13.9 Å². The van der Waals surface area contributed by atoms with Crippen molar-refractivity contribution in [3.05, 3.63) is 36.7 Å². The Kier molecular flexibility index (Phi) is 8.70. The number of carbonyl (C=O) groups is 1. The summed E-state index contributed by atoms with van der Waals surface area (Å²) in [7, 11) is -0.560. The van der Waals surface area contributed by atoms with E-state index in [-0.39, 0.29) is 30.8 Å². The monoisotopic (exact) mass is 565 g/mol. The van der Waals surface area contributed by atoms with Gasteiger partial charge < -0.3 is 24.6 Å². The van der Waals surface area contributed by atoms with Crippen LogP contribution in [-0.4, -0.2) is 70.6 Å². The molecule has 0 unspecified atom stereocenters. The molecular weight excluding hydrogens is 532 g/mol. The van der Waals surface area contributed by atoms with Crippen LogP contribution in [-0.2, 0) is 23.4 Å². The first kappa shape index (κ1) is 28.7. The number of nitrogens with one attached hydrogen (secondary N) is 1. The fraction of sp³-hybridized carbons (Fsp3) is 0.500. The van der Waals surface area contributed by atoms with Crippen molar-refractivity contribution in [2.24, 2.45) is 0 Å². The van der Waals surface area contributed by atoms with Gasteiger partial charge in [0.2, 0.25) is 5.95 Å². The first-order valence-electron chi connectivity index (χ1n) is 12.4. The number of fused-ring (bicyclic) bond motifs is 1. The number of alkyl halides is 1. The molecule has 1 fully saturated rings. The van der Waals surface area contributed by atoms with Crippen molar-refractivity contribution in [3.8, 4) is 5.75 Å². The number of hydrogen-bond acceptors (Lipinski definition) is 11. The maximum absolute atomic E-state index is 15.2. The first-order valence-corrected chi connectivity index (χ1v) is 13.9. The third kappa shape index (κ3) is 6.82. The number of nitrogen functional groups attached to an aromatic ring is 1. The van der Waals surface area contributed by atoms with Gasteiger partial charge in [0.25, 0.3) is 0 Å². The van der Waals surface area contributed by atoms with Crippen LogP contribution in [0.5, 0.6) is 5.75 Å². The lowest BCUT2D eigenvalue weighted by Crippen LogP contribution is -2.36. The van der Waals surface area contributed by atoms with Crippen LogP contribution in [0.1, 0.15) is 33.4 Å². The molecule has 3 heterocycles. The fourth-order valence-corrected chi connectivity index (χ4v) is 5.51. The van der Waals surface area contributed by atoms with Crippen LogP contribution in [0, 0.1) is 0 Å². The van der Waals surface area contributed by atoms with Gasteiger partial charge in [0.05, 0.1) is 25.1 Å². The minimum Gasteiger partial charge on any atom is -0.462 e. The smallest absolute Gasteiger partial charge is 0.459 e. The molecule has 1 aromatic carbocycles. The van der Waals surface area contributed by atoms with E-state index in [0.29, 0.717) is 17.0 Å². The number of nitrogens with zero attached hydrogens (tertiary/aromatic N) is 5. The molecular formula is C24H33FN7O6P. The van der Waals surface area contributed by atoms with Crippen LogP contribution in [0.3, 0.4) is 0 Å². The number of carbonyl (C=O) groups excluding carboxylic acids is 1. The maximum Gasteiger partial charge on any atom is 0.459 e. The van der Waals surface area contributed by atoms with Gasteiger partial charge in [0.15, 0.2) is 23.2 Å². The van der Waals surface area contributed by atoms with Gasteiger partial charge in [-0.2, -0.15) is 15.1 Å². The number of anilines is 2. The Hall–Kier alpha value is -3.32. The summed E-state index contributed by atoms with van der Waals surface area (Å²) in [5, 5.41) is 2.60. The molecule has 1 aliphatic heterocycles. The number of esters is 1. The second-order valence-electron chi connectivity index (χ2n) is 9.56. The topological polar surface area (TPSA) is 156 Å². The van der Waals surface area contributed by atoms with Crippen molar-refractivity contribution in [3.63, 3.8) is 0 Å². The van der Waals surface area contributed by atoms with Crippen LogP contribution in [0.15, 0.2) is 36.7 Å². The lowest BCUT2D eigenvalue weighted by atomic mass is 10.2. The molecule has 13 nitrogen and oxygen atoms in total. The largest absolute Gasteiger partial charge is 0.462 e. The van der Waals surface area contributed by atoms with Crippen LogP contribution in [0.4, 0.5) is 16.2 Å². The van der Waals surface area contributed by atoms with Crippen LogP contribution in [0.25, 0.3) is 11.2 Å². The van der Waals surface area contributed by atoms with Gasteiger partial charge in [-0.15, -0.1) is 0 Å². The van der Waals surface area contributed by atoms with Crippen molar-refractivity contribution in [2.45, 2.75) is 57.8 Å². The average molecular weight is 566 g/mol. The molecule has 212 valence electrons. The van der Waals surface area contributed by atoms with E-state index in [1.807, 2.05) is 0 Å².